The summed E-state index contributed by atoms with van der Waals surface area (Å²) in [6.07, 6.45) is 7.15. The Balaban J connectivity index is 2.58. The normalized spacial score (nSPS) is 17.0. The molecule has 1 aromatic carbocycles. The number of rotatable bonds is 5. The standard InChI is InChI=1S/C21H28N2/c1-5-14(2)20(16(4)18-12-8-9-13-19(18)22)21(23)17-11-7-6-10-15(17)3/h6-7,9-11,13-14,23H,5,8,12,22H2,1-4H3/b20-16-,23-21?. The Labute approximate surface area is 140 Å². The van der Waals surface area contributed by atoms with Crippen LogP contribution in [0, 0.1) is 18.3 Å². The van der Waals surface area contributed by atoms with Crippen LogP contribution in [0.4, 0.5) is 0 Å². The quantitative estimate of drug-likeness (QED) is 0.713. The summed E-state index contributed by atoms with van der Waals surface area (Å²) in [7, 11) is 0. The van der Waals surface area contributed by atoms with Gasteiger partial charge in [-0.05, 0) is 67.4 Å². The van der Waals surface area contributed by atoms with Crippen molar-refractivity contribution in [2.75, 3.05) is 0 Å². The van der Waals surface area contributed by atoms with E-state index in [0.29, 0.717) is 11.6 Å². The van der Waals surface area contributed by atoms with Crippen molar-refractivity contribution < 1.29 is 0 Å². The molecule has 0 aromatic heterocycles. The summed E-state index contributed by atoms with van der Waals surface area (Å²) in [5.41, 5.74) is 13.4. The summed E-state index contributed by atoms with van der Waals surface area (Å²) >= 11 is 0. The monoisotopic (exact) mass is 308 g/mol. The maximum absolute atomic E-state index is 8.84. The fourth-order valence-corrected chi connectivity index (χ4v) is 3.26. The van der Waals surface area contributed by atoms with E-state index in [1.165, 1.54) is 11.1 Å². The maximum atomic E-state index is 8.84. The number of hydrogen-bond acceptors (Lipinski definition) is 2. The van der Waals surface area contributed by atoms with Gasteiger partial charge in [-0.25, -0.2) is 0 Å². The lowest BCUT2D eigenvalue weighted by atomic mass is 9.82. The van der Waals surface area contributed by atoms with Crippen LogP contribution in [-0.4, -0.2) is 5.71 Å². The molecule has 0 saturated heterocycles. The van der Waals surface area contributed by atoms with E-state index in [-0.39, 0.29) is 0 Å². The minimum absolute atomic E-state index is 0.341. The van der Waals surface area contributed by atoms with Gasteiger partial charge >= 0.3 is 0 Å². The van der Waals surface area contributed by atoms with Crippen LogP contribution in [0.1, 0.15) is 51.2 Å². The van der Waals surface area contributed by atoms with Gasteiger partial charge in [-0.15, -0.1) is 0 Å². The van der Waals surface area contributed by atoms with Gasteiger partial charge in [-0.3, -0.25) is 5.41 Å². The van der Waals surface area contributed by atoms with Crippen molar-refractivity contribution in [2.24, 2.45) is 11.7 Å². The molecule has 0 fully saturated rings. The first-order valence-corrected chi connectivity index (χ1v) is 8.48. The largest absolute Gasteiger partial charge is 0.399 e. The predicted molar refractivity (Wildman–Crippen MR) is 99.8 cm³/mol. The van der Waals surface area contributed by atoms with E-state index in [1.54, 1.807) is 0 Å². The molecule has 1 aromatic rings. The van der Waals surface area contributed by atoms with Crippen LogP contribution in [0.3, 0.4) is 0 Å². The van der Waals surface area contributed by atoms with Crippen LogP contribution < -0.4 is 5.73 Å². The second-order valence-electron chi connectivity index (χ2n) is 6.41. The molecular weight excluding hydrogens is 280 g/mol. The molecule has 2 heteroatoms. The first-order valence-electron chi connectivity index (χ1n) is 8.48. The van der Waals surface area contributed by atoms with Gasteiger partial charge in [0.2, 0.25) is 0 Å². The summed E-state index contributed by atoms with van der Waals surface area (Å²) in [6, 6.07) is 8.16. The third-order valence-corrected chi connectivity index (χ3v) is 4.85. The smallest absolute Gasteiger partial charge is 0.0652 e. The van der Waals surface area contributed by atoms with Gasteiger partial charge in [0.05, 0.1) is 5.71 Å². The van der Waals surface area contributed by atoms with E-state index >= 15 is 0 Å². The number of aryl methyl sites for hydroxylation is 1. The van der Waals surface area contributed by atoms with Crippen molar-refractivity contribution in [2.45, 2.75) is 47.0 Å². The van der Waals surface area contributed by atoms with Gasteiger partial charge in [0.15, 0.2) is 0 Å². The van der Waals surface area contributed by atoms with Crippen LogP contribution in [0.15, 0.2) is 58.8 Å². The van der Waals surface area contributed by atoms with E-state index in [9.17, 15) is 0 Å². The number of allylic oxidation sites excluding steroid dienone is 5. The molecule has 3 N–H and O–H groups in total. The molecule has 0 heterocycles. The maximum Gasteiger partial charge on any atom is 0.0652 e. The molecule has 1 aliphatic rings. The summed E-state index contributed by atoms with van der Waals surface area (Å²) in [4.78, 5) is 0. The van der Waals surface area contributed by atoms with E-state index < -0.39 is 0 Å². The van der Waals surface area contributed by atoms with Crippen LogP contribution in [-0.2, 0) is 0 Å². The van der Waals surface area contributed by atoms with E-state index in [0.717, 1.165) is 41.7 Å². The number of nitrogens with one attached hydrogen (secondary N) is 1. The molecule has 122 valence electrons. The third kappa shape index (κ3) is 3.64. The predicted octanol–water partition coefficient (Wildman–Crippen LogP) is 5.29. The second kappa shape index (κ2) is 7.45. The van der Waals surface area contributed by atoms with Gasteiger partial charge in [-0.2, -0.15) is 0 Å². The summed E-state index contributed by atoms with van der Waals surface area (Å²) in [5.74, 6) is 0.341. The molecule has 2 rings (SSSR count). The van der Waals surface area contributed by atoms with E-state index in [4.69, 9.17) is 11.1 Å². The molecule has 1 aliphatic carbocycles. The summed E-state index contributed by atoms with van der Waals surface area (Å²) < 4.78 is 0. The molecular formula is C21H28N2. The third-order valence-electron chi connectivity index (χ3n) is 4.85. The Morgan fingerprint density at radius 2 is 2.00 bits per heavy atom. The van der Waals surface area contributed by atoms with E-state index in [2.05, 4.69) is 39.8 Å². The van der Waals surface area contributed by atoms with E-state index in [1.807, 2.05) is 24.3 Å². The molecule has 0 spiro atoms. The zero-order valence-corrected chi connectivity index (χ0v) is 14.7. The highest BCUT2D eigenvalue weighted by Crippen LogP contribution is 2.31. The van der Waals surface area contributed by atoms with Gasteiger partial charge in [0, 0.05) is 11.3 Å². The SMILES string of the molecule is CCC(C)/C(C(=N)c1ccccc1C)=C(\C)C1=C(N)C=CCC1. The molecule has 1 unspecified atom stereocenters. The van der Waals surface area contributed by atoms with Crippen molar-refractivity contribution in [3.05, 3.63) is 70.0 Å². The van der Waals surface area contributed by atoms with Gasteiger partial charge in [-0.1, -0.05) is 44.2 Å². The number of benzene rings is 1. The average molecular weight is 308 g/mol. The highest BCUT2D eigenvalue weighted by molar-refractivity contribution is 6.12. The molecule has 23 heavy (non-hydrogen) atoms. The van der Waals surface area contributed by atoms with Crippen molar-refractivity contribution >= 4 is 5.71 Å². The fourth-order valence-electron chi connectivity index (χ4n) is 3.26. The lowest BCUT2D eigenvalue weighted by Crippen LogP contribution is -2.16. The first kappa shape index (κ1) is 17.3. The lowest BCUT2D eigenvalue weighted by Gasteiger charge is -2.23. The zero-order valence-electron chi connectivity index (χ0n) is 14.7. The summed E-state index contributed by atoms with van der Waals surface area (Å²) in [5, 5.41) is 8.84. The molecule has 0 radical (unpaired) electrons. The van der Waals surface area contributed by atoms with Crippen molar-refractivity contribution in [3.63, 3.8) is 0 Å². The Bertz CT molecular complexity index is 690. The molecule has 0 amide bonds. The number of nitrogens with two attached hydrogens (primary N) is 1. The van der Waals surface area contributed by atoms with Crippen LogP contribution in [0.25, 0.3) is 0 Å². The van der Waals surface area contributed by atoms with Gasteiger partial charge in [0.1, 0.15) is 0 Å². The van der Waals surface area contributed by atoms with Gasteiger partial charge in [0.25, 0.3) is 0 Å². The topological polar surface area (TPSA) is 49.9 Å². The van der Waals surface area contributed by atoms with Crippen molar-refractivity contribution in [1.82, 2.24) is 0 Å². The number of hydrogen-bond donors (Lipinski definition) is 2. The van der Waals surface area contributed by atoms with Crippen molar-refractivity contribution in [1.29, 1.82) is 5.41 Å². The highest BCUT2D eigenvalue weighted by Gasteiger charge is 2.21. The first-order chi connectivity index (χ1) is 11.0. The Hall–Kier alpha value is -2.09. The molecule has 0 aliphatic heterocycles. The minimum Gasteiger partial charge on any atom is -0.399 e. The highest BCUT2D eigenvalue weighted by atomic mass is 14.6. The minimum atomic E-state index is 0.341. The average Bonchev–Trinajstić information content (AvgIpc) is 2.55. The van der Waals surface area contributed by atoms with Crippen LogP contribution in [0.2, 0.25) is 0 Å². The second-order valence-corrected chi connectivity index (χ2v) is 6.41. The Morgan fingerprint density at radius 3 is 2.61 bits per heavy atom. The van der Waals surface area contributed by atoms with Crippen LogP contribution >= 0.6 is 0 Å². The lowest BCUT2D eigenvalue weighted by molar-refractivity contribution is 0.670. The molecule has 0 saturated carbocycles. The summed E-state index contributed by atoms with van der Waals surface area (Å²) in [6.45, 7) is 8.60. The molecule has 1 atom stereocenters. The fraction of sp³-hybridized carbons (Fsp3) is 0.381. The molecule has 0 bridgehead atoms. The van der Waals surface area contributed by atoms with Crippen LogP contribution in [0.5, 0.6) is 0 Å². The zero-order chi connectivity index (χ0) is 17.0. The van der Waals surface area contributed by atoms with Gasteiger partial charge < -0.3 is 5.73 Å². The molecule has 2 nitrogen and oxygen atoms in total. The van der Waals surface area contributed by atoms with Crippen molar-refractivity contribution in [3.8, 4) is 0 Å². The Kier molecular flexibility index (Phi) is 5.59. The Morgan fingerprint density at radius 1 is 1.30 bits per heavy atom.